The lowest BCUT2D eigenvalue weighted by Gasteiger charge is -2.22. The van der Waals surface area contributed by atoms with Crippen LogP contribution in [0.3, 0.4) is 0 Å². The van der Waals surface area contributed by atoms with Gasteiger partial charge in [-0.1, -0.05) is 12.1 Å². The highest BCUT2D eigenvalue weighted by Gasteiger charge is 2.21. The summed E-state index contributed by atoms with van der Waals surface area (Å²) in [7, 11) is 4.04. The lowest BCUT2D eigenvalue weighted by molar-refractivity contribution is -0.147. The lowest BCUT2D eigenvalue weighted by atomic mass is 9.91. The van der Waals surface area contributed by atoms with E-state index in [4.69, 9.17) is 4.74 Å². The number of esters is 1. The summed E-state index contributed by atoms with van der Waals surface area (Å²) in [4.78, 5) is 13.3. The van der Waals surface area contributed by atoms with E-state index >= 15 is 0 Å². The molecule has 1 aliphatic rings. The molecule has 0 saturated carbocycles. The third kappa shape index (κ3) is 2.35. The minimum atomic E-state index is -0.0760. The van der Waals surface area contributed by atoms with Gasteiger partial charge in [0.25, 0.3) is 0 Å². The number of ether oxygens (including phenoxy) is 1. The van der Waals surface area contributed by atoms with Crippen molar-refractivity contribution in [1.29, 1.82) is 0 Å². The van der Waals surface area contributed by atoms with Crippen LogP contribution in [0.4, 0.5) is 5.69 Å². The van der Waals surface area contributed by atoms with Gasteiger partial charge in [-0.05, 0) is 30.0 Å². The van der Waals surface area contributed by atoms with E-state index in [9.17, 15) is 4.79 Å². The zero-order valence-corrected chi connectivity index (χ0v) is 9.77. The highest BCUT2D eigenvalue weighted by molar-refractivity contribution is 5.71. The summed E-state index contributed by atoms with van der Waals surface area (Å²) in [6.07, 6.45) is 1.45. The van der Waals surface area contributed by atoms with Crippen LogP contribution >= 0.6 is 0 Å². The molecule has 1 atom stereocenters. The number of hydrogen-bond acceptors (Lipinski definition) is 3. The molecule has 0 bridgehead atoms. The second kappa shape index (κ2) is 4.56. The predicted octanol–water partition coefficient (Wildman–Crippen LogP) is 2.17. The van der Waals surface area contributed by atoms with Crippen molar-refractivity contribution in [1.82, 2.24) is 0 Å². The van der Waals surface area contributed by atoms with Gasteiger partial charge >= 0.3 is 5.97 Å². The molecule has 2 rings (SSSR count). The van der Waals surface area contributed by atoms with E-state index < -0.39 is 0 Å². The third-order valence-electron chi connectivity index (χ3n) is 3.02. The number of carbonyl (C=O) groups excluding carboxylic acids is 1. The Labute approximate surface area is 96.0 Å². The zero-order chi connectivity index (χ0) is 11.5. The maximum atomic E-state index is 11.2. The largest absolute Gasteiger partial charge is 0.466 e. The molecule has 86 valence electrons. The maximum Gasteiger partial charge on any atom is 0.306 e. The van der Waals surface area contributed by atoms with Crippen LogP contribution < -0.4 is 4.90 Å². The van der Waals surface area contributed by atoms with Crippen molar-refractivity contribution in [3.63, 3.8) is 0 Å². The molecule has 1 fully saturated rings. The molecule has 1 saturated heterocycles. The van der Waals surface area contributed by atoms with E-state index in [0.29, 0.717) is 18.9 Å². The van der Waals surface area contributed by atoms with Crippen molar-refractivity contribution in [2.24, 2.45) is 0 Å². The van der Waals surface area contributed by atoms with E-state index in [1.165, 1.54) is 11.3 Å². The first-order valence-electron chi connectivity index (χ1n) is 5.60. The number of nitrogens with zero attached hydrogens (tertiary/aromatic N) is 1. The van der Waals surface area contributed by atoms with E-state index in [2.05, 4.69) is 29.2 Å². The Balaban J connectivity index is 2.11. The zero-order valence-electron chi connectivity index (χ0n) is 9.77. The van der Waals surface area contributed by atoms with Gasteiger partial charge in [0.1, 0.15) is 0 Å². The number of carbonyl (C=O) groups is 1. The molecular weight excluding hydrogens is 202 g/mol. The van der Waals surface area contributed by atoms with Crippen molar-refractivity contribution >= 4 is 11.7 Å². The van der Waals surface area contributed by atoms with Crippen molar-refractivity contribution in [3.05, 3.63) is 29.8 Å². The average Bonchev–Trinajstić information content (AvgIpc) is 2.29. The fourth-order valence-electron chi connectivity index (χ4n) is 2.01. The minimum Gasteiger partial charge on any atom is -0.466 e. The smallest absolute Gasteiger partial charge is 0.306 e. The average molecular weight is 219 g/mol. The van der Waals surface area contributed by atoms with E-state index in [-0.39, 0.29) is 5.97 Å². The van der Waals surface area contributed by atoms with E-state index in [0.717, 1.165) is 6.42 Å². The normalized spacial score (nSPS) is 20.4. The Morgan fingerprint density at radius 3 is 2.50 bits per heavy atom. The van der Waals surface area contributed by atoms with Gasteiger partial charge in [0, 0.05) is 19.8 Å². The van der Waals surface area contributed by atoms with Crippen LogP contribution in [0.1, 0.15) is 24.3 Å². The van der Waals surface area contributed by atoms with Crippen molar-refractivity contribution < 1.29 is 9.53 Å². The monoisotopic (exact) mass is 219 g/mol. The lowest BCUT2D eigenvalue weighted by Crippen LogP contribution is -2.19. The Morgan fingerprint density at radius 1 is 1.25 bits per heavy atom. The molecule has 0 amide bonds. The summed E-state index contributed by atoms with van der Waals surface area (Å²) < 4.78 is 4.94. The molecule has 0 radical (unpaired) electrons. The minimum absolute atomic E-state index is 0.0760. The number of anilines is 1. The number of rotatable bonds is 2. The molecular formula is C13H17NO2. The Morgan fingerprint density at radius 2 is 1.94 bits per heavy atom. The Bertz CT molecular complexity index is 370. The molecule has 1 heterocycles. The Hall–Kier alpha value is -1.51. The third-order valence-corrected chi connectivity index (χ3v) is 3.02. The number of benzene rings is 1. The summed E-state index contributed by atoms with van der Waals surface area (Å²) in [5, 5.41) is 0. The van der Waals surface area contributed by atoms with Crippen LogP contribution in [0, 0.1) is 0 Å². The topological polar surface area (TPSA) is 29.5 Å². The first-order valence-corrected chi connectivity index (χ1v) is 5.60. The summed E-state index contributed by atoms with van der Waals surface area (Å²) in [6.45, 7) is 0.554. The van der Waals surface area contributed by atoms with Crippen molar-refractivity contribution in [2.45, 2.75) is 18.8 Å². The first kappa shape index (κ1) is 11.0. The van der Waals surface area contributed by atoms with Crippen LogP contribution in [0.15, 0.2) is 24.3 Å². The van der Waals surface area contributed by atoms with Gasteiger partial charge < -0.3 is 9.64 Å². The van der Waals surface area contributed by atoms with Crippen LogP contribution in [0.2, 0.25) is 0 Å². The molecule has 0 N–H and O–H groups in total. The molecule has 3 heteroatoms. The molecule has 0 aromatic heterocycles. The van der Waals surface area contributed by atoms with Crippen molar-refractivity contribution in [2.75, 3.05) is 25.6 Å². The molecule has 0 spiro atoms. The van der Waals surface area contributed by atoms with Crippen LogP contribution in [0.5, 0.6) is 0 Å². The standard InChI is InChI=1S/C13H17NO2/c1-14(2)12-5-3-10(4-6-12)11-7-8-16-13(15)9-11/h3-6,11H,7-9H2,1-2H3. The highest BCUT2D eigenvalue weighted by Crippen LogP contribution is 2.28. The predicted molar refractivity (Wildman–Crippen MR) is 63.7 cm³/mol. The molecule has 1 aromatic rings. The van der Waals surface area contributed by atoms with Crippen LogP contribution in [-0.2, 0) is 9.53 Å². The number of hydrogen-bond donors (Lipinski definition) is 0. The van der Waals surface area contributed by atoms with Crippen LogP contribution in [0.25, 0.3) is 0 Å². The Kier molecular flexibility index (Phi) is 3.13. The molecule has 1 unspecified atom stereocenters. The fraction of sp³-hybridized carbons (Fsp3) is 0.462. The van der Waals surface area contributed by atoms with E-state index in [1.807, 2.05) is 14.1 Å². The molecule has 16 heavy (non-hydrogen) atoms. The van der Waals surface area contributed by atoms with Gasteiger partial charge in [0.15, 0.2) is 0 Å². The molecule has 0 aliphatic carbocycles. The van der Waals surface area contributed by atoms with Gasteiger partial charge in [-0.3, -0.25) is 4.79 Å². The molecule has 1 aromatic carbocycles. The van der Waals surface area contributed by atoms with Gasteiger partial charge in [0.05, 0.1) is 13.0 Å². The summed E-state index contributed by atoms with van der Waals surface area (Å²) in [6, 6.07) is 8.40. The number of cyclic esters (lactones) is 1. The van der Waals surface area contributed by atoms with Crippen molar-refractivity contribution in [3.8, 4) is 0 Å². The quantitative estimate of drug-likeness (QED) is 0.714. The fourth-order valence-corrected chi connectivity index (χ4v) is 2.01. The van der Waals surface area contributed by atoms with Gasteiger partial charge in [-0.2, -0.15) is 0 Å². The summed E-state index contributed by atoms with van der Waals surface area (Å²) in [5.41, 5.74) is 2.42. The van der Waals surface area contributed by atoms with Crippen LogP contribution in [-0.4, -0.2) is 26.7 Å². The summed E-state index contributed by atoms with van der Waals surface area (Å²) in [5.74, 6) is 0.255. The van der Waals surface area contributed by atoms with Gasteiger partial charge in [-0.15, -0.1) is 0 Å². The molecule has 1 aliphatic heterocycles. The SMILES string of the molecule is CN(C)c1ccc(C2CCOC(=O)C2)cc1. The maximum absolute atomic E-state index is 11.2. The van der Waals surface area contributed by atoms with Gasteiger partial charge in [-0.25, -0.2) is 0 Å². The van der Waals surface area contributed by atoms with Gasteiger partial charge in [0.2, 0.25) is 0 Å². The highest BCUT2D eigenvalue weighted by atomic mass is 16.5. The molecule has 3 nitrogen and oxygen atoms in total. The summed E-state index contributed by atoms with van der Waals surface area (Å²) >= 11 is 0. The first-order chi connectivity index (χ1) is 7.66. The second-order valence-electron chi connectivity index (χ2n) is 4.40. The van der Waals surface area contributed by atoms with E-state index in [1.54, 1.807) is 0 Å². The second-order valence-corrected chi connectivity index (χ2v) is 4.40.